The van der Waals surface area contributed by atoms with Crippen LogP contribution in [0.25, 0.3) is 0 Å². The van der Waals surface area contributed by atoms with Crippen molar-refractivity contribution in [3.05, 3.63) is 17.2 Å². The molecule has 0 amide bonds. The van der Waals surface area contributed by atoms with E-state index in [1.807, 2.05) is 0 Å². The summed E-state index contributed by atoms with van der Waals surface area (Å²) in [6.07, 6.45) is 4.49. The van der Waals surface area contributed by atoms with Crippen LogP contribution in [0.3, 0.4) is 0 Å². The first-order valence-corrected chi connectivity index (χ1v) is 5.31. The first-order chi connectivity index (χ1) is 6.86. The van der Waals surface area contributed by atoms with E-state index in [2.05, 4.69) is 22.0 Å². The molecule has 1 aromatic heterocycles. The molecule has 78 valence electrons. The number of aryl methyl sites for hydroxylation is 2. The first-order valence-electron chi connectivity index (χ1n) is 5.31. The summed E-state index contributed by atoms with van der Waals surface area (Å²) in [6.45, 7) is 3.67. The average molecular weight is 195 g/mol. The number of rotatable bonds is 3. The summed E-state index contributed by atoms with van der Waals surface area (Å²) in [5.74, 6) is 1.19. The maximum Gasteiger partial charge on any atom is 0.109 e. The topological polar surface area (TPSA) is 50.1 Å². The molecule has 1 aliphatic heterocycles. The fourth-order valence-electron chi connectivity index (χ4n) is 2.16. The molecule has 2 rings (SSSR count). The van der Waals surface area contributed by atoms with E-state index in [0.29, 0.717) is 6.54 Å². The van der Waals surface area contributed by atoms with Crippen LogP contribution >= 0.6 is 0 Å². The van der Waals surface area contributed by atoms with E-state index < -0.39 is 0 Å². The zero-order chi connectivity index (χ0) is 9.97. The number of hydrogen-bond acceptors (Lipinski definition) is 3. The molecule has 0 bridgehead atoms. The summed E-state index contributed by atoms with van der Waals surface area (Å²) >= 11 is 0. The molecule has 0 saturated heterocycles. The summed E-state index contributed by atoms with van der Waals surface area (Å²) in [5.41, 5.74) is 4.52. The Morgan fingerprint density at radius 1 is 1.50 bits per heavy atom. The minimum atomic E-state index is 0.510. The van der Waals surface area contributed by atoms with Crippen molar-refractivity contribution in [1.82, 2.24) is 15.0 Å². The monoisotopic (exact) mass is 195 g/mol. The fourth-order valence-corrected chi connectivity index (χ4v) is 2.16. The molecule has 0 aliphatic carbocycles. The van der Waals surface area contributed by atoms with Crippen LogP contribution in [-0.4, -0.2) is 14.8 Å². The zero-order valence-corrected chi connectivity index (χ0v) is 8.58. The standard InChI is InChI=1S/C10H17N3O/c1-2-8-9(7-11-14)13-6-4-3-5-10(13)12-8/h11,14H,2-7H2,1H3. The van der Waals surface area contributed by atoms with E-state index in [1.165, 1.54) is 18.7 Å². The Morgan fingerprint density at radius 2 is 2.36 bits per heavy atom. The highest BCUT2D eigenvalue weighted by Crippen LogP contribution is 2.19. The molecule has 2 heterocycles. The molecule has 14 heavy (non-hydrogen) atoms. The number of hydroxylamine groups is 1. The van der Waals surface area contributed by atoms with E-state index in [1.54, 1.807) is 0 Å². The van der Waals surface area contributed by atoms with E-state index in [4.69, 9.17) is 5.21 Å². The second-order valence-corrected chi connectivity index (χ2v) is 3.72. The predicted octanol–water partition coefficient (Wildman–Crippen LogP) is 1.26. The summed E-state index contributed by atoms with van der Waals surface area (Å²) in [6, 6.07) is 0. The minimum Gasteiger partial charge on any atom is -0.331 e. The maximum absolute atomic E-state index is 8.77. The van der Waals surface area contributed by atoms with Crippen LogP contribution in [0.1, 0.15) is 37.0 Å². The molecule has 4 heteroatoms. The van der Waals surface area contributed by atoms with Gasteiger partial charge in [-0.3, -0.25) is 0 Å². The van der Waals surface area contributed by atoms with Gasteiger partial charge in [0.15, 0.2) is 0 Å². The van der Waals surface area contributed by atoms with Crippen molar-refractivity contribution in [1.29, 1.82) is 0 Å². The van der Waals surface area contributed by atoms with Crippen molar-refractivity contribution in [2.45, 2.75) is 45.7 Å². The highest BCUT2D eigenvalue weighted by Gasteiger charge is 2.17. The lowest BCUT2D eigenvalue weighted by atomic mass is 10.1. The van der Waals surface area contributed by atoms with Crippen LogP contribution in [0.2, 0.25) is 0 Å². The van der Waals surface area contributed by atoms with Crippen molar-refractivity contribution in [3.8, 4) is 0 Å². The number of fused-ring (bicyclic) bond motifs is 1. The lowest BCUT2D eigenvalue weighted by Crippen LogP contribution is -2.17. The van der Waals surface area contributed by atoms with Crippen LogP contribution in [0.5, 0.6) is 0 Å². The van der Waals surface area contributed by atoms with Crippen LogP contribution in [-0.2, 0) is 25.9 Å². The molecule has 0 unspecified atom stereocenters. The van der Waals surface area contributed by atoms with E-state index in [-0.39, 0.29) is 0 Å². The maximum atomic E-state index is 8.77. The summed E-state index contributed by atoms with van der Waals surface area (Å²) in [7, 11) is 0. The number of imidazole rings is 1. The molecular weight excluding hydrogens is 178 g/mol. The Morgan fingerprint density at radius 3 is 3.07 bits per heavy atom. The molecule has 4 nitrogen and oxygen atoms in total. The van der Waals surface area contributed by atoms with Gasteiger partial charge in [-0.05, 0) is 19.3 Å². The van der Waals surface area contributed by atoms with Gasteiger partial charge in [0.05, 0.1) is 17.9 Å². The molecule has 0 fully saturated rings. The minimum absolute atomic E-state index is 0.510. The highest BCUT2D eigenvalue weighted by molar-refractivity contribution is 5.18. The number of nitrogens with zero attached hydrogens (tertiary/aromatic N) is 2. The van der Waals surface area contributed by atoms with Crippen LogP contribution in [0.4, 0.5) is 0 Å². The van der Waals surface area contributed by atoms with Gasteiger partial charge in [-0.1, -0.05) is 6.92 Å². The van der Waals surface area contributed by atoms with Gasteiger partial charge in [-0.2, -0.15) is 5.48 Å². The Hall–Kier alpha value is -0.870. The number of aromatic nitrogens is 2. The van der Waals surface area contributed by atoms with Crippen LogP contribution in [0, 0.1) is 0 Å². The van der Waals surface area contributed by atoms with Crippen molar-refractivity contribution in [2.75, 3.05) is 0 Å². The molecule has 0 spiro atoms. The van der Waals surface area contributed by atoms with Gasteiger partial charge in [-0.15, -0.1) is 0 Å². The van der Waals surface area contributed by atoms with Gasteiger partial charge in [0.25, 0.3) is 0 Å². The smallest absolute Gasteiger partial charge is 0.109 e. The lowest BCUT2D eigenvalue weighted by Gasteiger charge is -2.16. The molecular formula is C10H17N3O. The molecule has 2 N–H and O–H groups in total. The lowest BCUT2D eigenvalue weighted by molar-refractivity contribution is 0.158. The largest absolute Gasteiger partial charge is 0.331 e. The fraction of sp³-hybridized carbons (Fsp3) is 0.700. The Kier molecular flexibility index (Phi) is 2.84. The second-order valence-electron chi connectivity index (χ2n) is 3.72. The van der Waals surface area contributed by atoms with E-state index in [9.17, 15) is 0 Å². The van der Waals surface area contributed by atoms with Crippen LogP contribution in [0.15, 0.2) is 0 Å². The molecule has 0 radical (unpaired) electrons. The number of nitrogens with one attached hydrogen (secondary N) is 1. The third-order valence-electron chi connectivity index (χ3n) is 2.85. The summed E-state index contributed by atoms with van der Waals surface area (Å²) in [5, 5.41) is 8.77. The number of hydrogen-bond donors (Lipinski definition) is 2. The third-order valence-corrected chi connectivity index (χ3v) is 2.85. The van der Waals surface area contributed by atoms with Crippen molar-refractivity contribution in [3.63, 3.8) is 0 Å². The Labute approximate surface area is 83.9 Å². The van der Waals surface area contributed by atoms with Crippen molar-refractivity contribution in [2.24, 2.45) is 0 Å². The Balaban J connectivity index is 2.37. The van der Waals surface area contributed by atoms with Crippen molar-refractivity contribution >= 4 is 0 Å². The predicted molar refractivity (Wildman–Crippen MR) is 53.2 cm³/mol. The molecule has 0 atom stereocenters. The van der Waals surface area contributed by atoms with Crippen molar-refractivity contribution < 1.29 is 5.21 Å². The highest BCUT2D eigenvalue weighted by atomic mass is 16.5. The van der Waals surface area contributed by atoms with Crippen LogP contribution < -0.4 is 5.48 Å². The average Bonchev–Trinajstić information content (AvgIpc) is 2.58. The van der Waals surface area contributed by atoms with Gasteiger partial charge in [0.2, 0.25) is 0 Å². The first kappa shape index (κ1) is 9.68. The molecule has 0 aromatic carbocycles. The van der Waals surface area contributed by atoms with Gasteiger partial charge >= 0.3 is 0 Å². The van der Waals surface area contributed by atoms with E-state index in [0.717, 1.165) is 30.8 Å². The SMILES string of the molecule is CCc1nc2n(c1CNO)CCCC2. The molecule has 1 aromatic rings. The zero-order valence-electron chi connectivity index (χ0n) is 8.58. The molecule has 0 saturated carbocycles. The second kappa shape index (κ2) is 4.11. The summed E-state index contributed by atoms with van der Waals surface area (Å²) in [4.78, 5) is 4.60. The normalized spacial score (nSPS) is 15.6. The van der Waals surface area contributed by atoms with Gasteiger partial charge in [0.1, 0.15) is 5.82 Å². The van der Waals surface area contributed by atoms with Gasteiger partial charge in [0, 0.05) is 13.0 Å². The Bertz CT molecular complexity index is 319. The third kappa shape index (κ3) is 1.55. The van der Waals surface area contributed by atoms with Gasteiger partial charge in [-0.25, -0.2) is 4.98 Å². The summed E-state index contributed by atoms with van der Waals surface area (Å²) < 4.78 is 2.26. The quantitative estimate of drug-likeness (QED) is 0.714. The van der Waals surface area contributed by atoms with Gasteiger partial charge < -0.3 is 9.77 Å². The van der Waals surface area contributed by atoms with E-state index >= 15 is 0 Å². The molecule has 1 aliphatic rings.